The zero-order valence-corrected chi connectivity index (χ0v) is 18.4. The third-order valence-corrected chi connectivity index (χ3v) is 6.31. The summed E-state index contributed by atoms with van der Waals surface area (Å²) in [7, 11) is 0. The number of fused-ring (bicyclic) bond motifs is 1. The summed E-state index contributed by atoms with van der Waals surface area (Å²) in [4.78, 5) is 27.9. The van der Waals surface area contributed by atoms with Crippen molar-refractivity contribution in [2.45, 2.75) is 31.9 Å². The van der Waals surface area contributed by atoms with Crippen molar-refractivity contribution in [1.29, 1.82) is 0 Å². The van der Waals surface area contributed by atoms with E-state index in [4.69, 9.17) is 4.74 Å². The van der Waals surface area contributed by atoms with Crippen molar-refractivity contribution >= 4 is 17.4 Å². The fourth-order valence-electron chi connectivity index (χ4n) is 4.71. The van der Waals surface area contributed by atoms with Gasteiger partial charge in [0.2, 0.25) is 0 Å². The minimum atomic E-state index is -0.653. The van der Waals surface area contributed by atoms with E-state index in [0.717, 1.165) is 28.9 Å². The summed E-state index contributed by atoms with van der Waals surface area (Å²) in [6.07, 6.45) is 1.43. The van der Waals surface area contributed by atoms with E-state index in [9.17, 15) is 14.7 Å². The number of likely N-dealkylation sites (tertiary alicyclic amines) is 1. The van der Waals surface area contributed by atoms with Crippen LogP contribution in [-0.4, -0.2) is 34.3 Å². The standard InChI is InChI=1S/C28H25NO4/c1-18-16-22-17-21(12-13-23(22)33-18)26(30)24-25(20-10-6-3-7-11-20)29(28(32)27(24)31)15-14-19-8-4-2-5-9-19/h2-13,17-18,25,30H,14-16H2,1H3/b26-24+/t18-,25-/m0/s1. The van der Waals surface area contributed by atoms with Crippen LogP contribution in [0.25, 0.3) is 5.76 Å². The molecule has 3 aromatic carbocycles. The number of ether oxygens (including phenoxy) is 1. The number of hydrogen-bond acceptors (Lipinski definition) is 4. The molecule has 5 nitrogen and oxygen atoms in total. The van der Waals surface area contributed by atoms with Crippen LogP contribution in [0.1, 0.15) is 35.2 Å². The van der Waals surface area contributed by atoms with Crippen molar-refractivity contribution < 1.29 is 19.4 Å². The second-order valence-electron chi connectivity index (χ2n) is 8.59. The first kappa shape index (κ1) is 21.0. The van der Waals surface area contributed by atoms with Gasteiger partial charge in [0.15, 0.2) is 0 Å². The number of aliphatic hydroxyl groups excluding tert-OH is 1. The van der Waals surface area contributed by atoms with Gasteiger partial charge in [-0.3, -0.25) is 9.59 Å². The number of carbonyl (C=O) groups excluding carboxylic acids is 2. The molecule has 1 N–H and O–H groups in total. The fraction of sp³-hybridized carbons (Fsp3) is 0.214. The van der Waals surface area contributed by atoms with Gasteiger partial charge in [0, 0.05) is 18.5 Å². The van der Waals surface area contributed by atoms with E-state index < -0.39 is 17.7 Å². The van der Waals surface area contributed by atoms with Crippen molar-refractivity contribution in [3.8, 4) is 5.75 Å². The summed E-state index contributed by atoms with van der Waals surface area (Å²) in [5.74, 6) is -0.590. The minimum absolute atomic E-state index is 0.0743. The molecule has 2 heterocycles. The lowest BCUT2D eigenvalue weighted by atomic mass is 9.94. The predicted molar refractivity (Wildman–Crippen MR) is 126 cm³/mol. The van der Waals surface area contributed by atoms with E-state index >= 15 is 0 Å². The van der Waals surface area contributed by atoms with Crippen molar-refractivity contribution in [1.82, 2.24) is 4.90 Å². The summed E-state index contributed by atoms with van der Waals surface area (Å²) < 4.78 is 5.76. The third-order valence-electron chi connectivity index (χ3n) is 6.31. The predicted octanol–water partition coefficient (Wildman–Crippen LogP) is 4.67. The number of hydrogen-bond donors (Lipinski definition) is 1. The van der Waals surface area contributed by atoms with Crippen LogP contribution in [0.3, 0.4) is 0 Å². The largest absolute Gasteiger partial charge is 0.507 e. The lowest BCUT2D eigenvalue weighted by molar-refractivity contribution is -0.139. The fourth-order valence-corrected chi connectivity index (χ4v) is 4.71. The normalized spacial score (nSPS) is 21.2. The summed E-state index contributed by atoms with van der Waals surface area (Å²) in [6, 6.07) is 24.0. The van der Waals surface area contributed by atoms with Crippen LogP contribution in [-0.2, 0) is 22.4 Å². The molecule has 2 atom stereocenters. The highest BCUT2D eigenvalue weighted by atomic mass is 16.5. The average Bonchev–Trinajstić information content (AvgIpc) is 3.34. The first-order chi connectivity index (χ1) is 16.0. The van der Waals surface area contributed by atoms with E-state index in [1.165, 1.54) is 0 Å². The highest BCUT2D eigenvalue weighted by Gasteiger charge is 2.45. The zero-order valence-electron chi connectivity index (χ0n) is 18.4. The molecule has 0 unspecified atom stereocenters. The van der Waals surface area contributed by atoms with Gasteiger partial charge in [-0.05, 0) is 48.2 Å². The van der Waals surface area contributed by atoms with E-state index in [0.29, 0.717) is 18.5 Å². The van der Waals surface area contributed by atoms with Crippen molar-refractivity contribution in [3.05, 3.63) is 107 Å². The summed E-state index contributed by atoms with van der Waals surface area (Å²) in [6.45, 7) is 2.37. The lowest BCUT2D eigenvalue weighted by Crippen LogP contribution is -2.31. The molecule has 0 spiro atoms. The molecule has 3 aromatic rings. The Morgan fingerprint density at radius 2 is 1.70 bits per heavy atom. The topological polar surface area (TPSA) is 66.8 Å². The second kappa shape index (κ2) is 8.58. The monoisotopic (exact) mass is 439 g/mol. The molecule has 1 fully saturated rings. The van der Waals surface area contributed by atoms with E-state index in [2.05, 4.69) is 0 Å². The molecule has 166 valence electrons. The molecule has 0 radical (unpaired) electrons. The zero-order chi connectivity index (χ0) is 22.9. The number of benzene rings is 3. The first-order valence-electron chi connectivity index (χ1n) is 11.2. The van der Waals surface area contributed by atoms with Crippen molar-refractivity contribution in [3.63, 3.8) is 0 Å². The molecular formula is C28H25NO4. The van der Waals surface area contributed by atoms with Gasteiger partial charge < -0.3 is 14.7 Å². The maximum Gasteiger partial charge on any atom is 0.295 e. The number of ketones is 1. The molecule has 2 aliphatic heterocycles. The molecule has 0 bridgehead atoms. The highest BCUT2D eigenvalue weighted by molar-refractivity contribution is 6.46. The van der Waals surface area contributed by atoms with Crippen molar-refractivity contribution in [2.75, 3.05) is 6.54 Å². The summed E-state index contributed by atoms with van der Waals surface area (Å²) in [5.41, 5.74) is 3.52. The van der Waals surface area contributed by atoms with Gasteiger partial charge in [-0.15, -0.1) is 0 Å². The van der Waals surface area contributed by atoms with Gasteiger partial charge in [-0.25, -0.2) is 0 Å². The molecule has 1 amide bonds. The highest BCUT2D eigenvalue weighted by Crippen LogP contribution is 2.40. The number of rotatable bonds is 5. The van der Waals surface area contributed by atoms with Crippen LogP contribution < -0.4 is 4.74 Å². The van der Waals surface area contributed by atoms with Crippen LogP contribution in [0.4, 0.5) is 0 Å². The number of Topliss-reactive ketones (excluding diaryl/α,β-unsaturated/α-hetero) is 1. The molecule has 5 rings (SSSR count). The summed E-state index contributed by atoms with van der Waals surface area (Å²) in [5, 5.41) is 11.3. The second-order valence-corrected chi connectivity index (χ2v) is 8.59. The van der Waals surface area contributed by atoms with Gasteiger partial charge >= 0.3 is 0 Å². The van der Waals surface area contributed by atoms with Crippen LogP contribution in [0.15, 0.2) is 84.4 Å². The molecule has 33 heavy (non-hydrogen) atoms. The van der Waals surface area contributed by atoms with Crippen LogP contribution in [0, 0.1) is 0 Å². The maximum absolute atomic E-state index is 13.2. The van der Waals surface area contributed by atoms with Gasteiger partial charge in [-0.1, -0.05) is 60.7 Å². The van der Waals surface area contributed by atoms with E-state index in [1.807, 2.05) is 79.7 Å². The number of nitrogens with zero attached hydrogens (tertiary/aromatic N) is 1. The number of amides is 1. The Morgan fingerprint density at radius 3 is 2.42 bits per heavy atom. The van der Waals surface area contributed by atoms with Gasteiger partial charge in [-0.2, -0.15) is 0 Å². The van der Waals surface area contributed by atoms with Crippen LogP contribution in [0.5, 0.6) is 5.75 Å². The van der Waals surface area contributed by atoms with Crippen LogP contribution >= 0.6 is 0 Å². The molecule has 5 heteroatoms. The SMILES string of the molecule is C[C@H]1Cc2cc(/C(O)=C3\C(=O)C(=O)N(CCc4ccccc4)[C@H]3c3ccccc3)ccc2O1. The smallest absolute Gasteiger partial charge is 0.295 e. The average molecular weight is 440 g/mol. The molecule has 2 aliphatic rings. The molecule has 0 saturated carbocycles. The Labute approximate surface area is 192 Å². The Hall–Kier alpha value is -3.86. The van der Waals surface area contributed by atoms with E-state index in [1.54, 1.807) is 11.0 Å². The Bertz CT molecular complexity index is 1230. The van der Waals surface area contributed by atoms with Crippen LogP contribution in [0.2, 0.25) is 0 Å². The molecule has 0 aromatic heterocycles. The number of carbonyl (C=O) groups is 2. The Morgan fingerprint density at radius 1 is 1.00 bits per heavy atom. The Balaban J connectivity index is 1.56. The first-order valence-corrected chi connectivity index (χ1v) is 11.2. The summed E-state index contributed by atoms with van der Waals surface area (Å²) >= 11 is 0. The maximum atomic E-state index is 13.2. The molecular weight excluding hydrogens is 414 g/mol. The third kappa shape index (κ3) is 3.91. The quantitative estimate of drug-likeness (QED) is 0.356. The Kier molecular flexibility index (Phi) is 5.47. The lowest BCUT2D eigenvalue weighted by Gasteiger charge is -2.25. The van der Waals surface area contributed by atoms with Gasteiger partial charge in [0.05, 0.1) is 11.6 Å². The number of aliphatic hydroxyl groups is 1. The molecule has 0 aliphatic carbocycles. The van der Waals surface area contributed by atoms with Crippen molar-refractivity contribution in [2.24, 2.45) is 0 Å². The van der Waals surface area contributed by atoms with E-state index in [-0.39, 0.29) is 17.4 Å². The van der Waals surface area contributed by atoms with Gasteiger partial charge in [0.1, 0.15) is 17.6 Å². The minimum Gasteiger partial charge on any atom is -0.507 e. The molecule has 1 saturated heterocycles. The van der Waals surface area contributed by atoms with Gasteiger partial charge in [0.25, 0.3) is 11.7 Å².